The summed E-state index contributed by atoms with van der Waals surface area (Å²) in [5.41, 5.74) is 2.20. The Morgan fingerprint density at radius 1 is 1.27 bits per heavy atom. The largest absolute Gasteiger partial charge is 0.312 e. The first-order chi connectivity index (χ1) is 7.20. The molecule has 1 amide bonds. The summed E-state index contributed by atoms with van der Waals surface area (Å²) < 4.78 is 0. The number of anilines is 1. The molecule has 0 bridgehead atoms. The van der Waals surface area contributed by atoms with Crippen molar-refractivity contribution in [2.24, 2.45) is 0 Å². The van der Waals surface area contributed by atoms with Gasteiger partial charge in [0.05, 0.1) is 0 Å². The highest BCUT2D eigenvalue weighted by molar-refractivity contribution is 5.93. The van der Waals surface area contributed by atoms with E-state index in [0.29, 0.717) is 6.42 Å². The lowest BCUT2D eigenvalue weighted by Crippen LogP contribution is -2.30. The number of aryl methyl sites for hydroxylation is 1. The monoisotopic (exact) mass is 205 g/mol. The molecule has 0 atom stereocenters. The number of para-hydroxylation sites is 1. The van der Waals surface area contributed by atoms with Crippen molar-refractivity contribution in [2.75, 3.05) is 11.4 Å². The van der Waals surface area contributed by atoms with Gasteiger partial charge in [0.1, 0.15) is 0 Å². The van der Waals surface area contributed by atoms with E-state index in [-0.39, 0.29) is 5.91 Å². The molecule has 1 rings (SSSR count). The van der Waals surface area contributed by atoms with Crippen LogP contribution in [0.4, 0.5) is 5.69 Å². The second-order valence-electron chi connectivity index (χ2n) is 3.67. The smallest absolute Gasteiger partial charge is 0.226 e. The molecule has 0 unspecified atom stereocenters. The predicted octanol–water partition coefficient (Wildman–Crippen LogP) is 3.15. The quantitative estimate of drug-likeness (QED) is 0.739. The fourth-order valence-electron chi connectivity index (χ4n) is 1.70. The standard InChI is InChI=1S/C13H19NO/c1-4-8-13(15)14(5-2)12-10-7-6-9-11(12)3/h6-7,9-10H,4-5,8H2,1-3H3. The number of hydrogen-bond donors (Lipinski definition) is 0. The van der Waals surface area contributed by atoms with Crippen molar-refractivity contribution in [3.8, 4) is 0 Å². The normalized spacial score (nSPS) is 10.1. The molecule has 0 aliphatic heterocycles. The Morgan fingerprint density at radius 2 is 1.93 bits per heavy atom. The molecule has 0 spiro atoms. The molecule has 2 nitrogen and oxygen atoms in total. The van der Waals surface area contributed by atoms with Crippen LogP contribution in [0.1, 0.15) is 32.3 Å². The van der Waals surface area contributed by atoms with E-state index >= 15 is 0 Å². The van der Waals surface area contributed by atoms with Gasteiger partial charge in [0.2, 0.25) is 5.91 Å². The molecule has 0 aliphatic rings. The zero-order valence-electron chi connectivity index (χ0n) is 9.79. The zero-order valence-corrected chi connectivity index (χ0v) is 9.79. The maximum atomic E-state index is 11.9. The van der Waals surface area contributed by atoms with Crippen LogP contribution in [0.3, 0.4) is 0 Å². The van der Waals surface area contributed by atoms with E-state index in [1.807, 2.05) is 49.9 Å². The SMILES string of the molecule is CCCC(=O)N(CC)c1ccccc1C. The van der Waals surface area contributed by atoms with Crippen LogP contribution in [-0.2, 0) is 4.79 Å². The lowest BCUT2D eigenvalue weighted by molar-refractivity contribution is -0.118. The summed E-state index contributed by atoms with van der Waals surface area (Å²) in [4.78, 5) is 13.7. The molecule has 1 aromatic rings. The highest BCUT2D eigenvalue weighted by Crippen LogP contribution is 2.20. The fraction of sp³-hybridized carbons (Fsp3) is 0.462. The van der Waals surface area contributed by atoms with Gasteiger partial charge in [-0.3, -0.25) is 4.79 Å². The molecule has 0 radical (unpaired) electrons. The van der Waals surface area contributed by atoms with Crippen LogP contribution in [0.25, 0.3) is 0 Å². The molecular weight excluding hydrogens is 186 g/mol. The van der Waals surface area contributed by atoms with Gasteiger partial charge in [-0.2, -0.15) is 0 Å². The van der Waals surface area contributed by atoms with Crippen LogP contribution >= 0.6 is 0 Å². The van der Waals surface area contributed by atoms with Gasteiger partial charge in [0.25, 0.3) is 0 Å². The molecule has 1 aromatic carbocycles. The summed E-state index contributed by atoms with van der Waals surface area (Å²) in [5.74, 6) is 0.217. The van der Waals surface area contributed by atoms with Gasteiger partial charge in [-0.25, -0.2) is 0 Å². The average molecular weight is 205 g/mol. The summed E-state index contributed by atoms with van der Waals surface area (Å²) in [6.45, 7) is 6.82. The van der Waals surface area contributed by atoms with E-state index in [0.717, 1.165) is 24.2 Å². The number of carbonyl (C=O) groups is 1. The molecular formula is C13H19NO. The van der Waals surface area contributed by atoms with Crippen molar-refractivity contribution < 1.29 is 4.79 Å². The topological polar surface area (TPSA) is 20.3 Å². The number of benzene rings is 1. The number of carbonyl (C=O) groups excluding carboxylic acids is 1. The van der Waals surface area contributed by atoms with Gasteiger partial charge >= 0.3 is 0 Å². The summed E-state index contributed by atoms with van der Waals surface area (Å²) in [6, 6.07) is 8.02. The lowest BCUT2D eigenvalue weighted by Gasteiger charge is -2.22. The predicted molar refractivity (Wildman–Crippen MR) is 64.1 cm³/mol. The van der Waals surface area contributed by atoms with Crippen molar-refractivity contribution in [3.05, 3.63) is 29.8 Å². The van der Waals surface area contributed by atoms with Crippen LogP contribution in [0.2, 0.25) is 0 Å². The number of nitrogens with zero attached hydrogens (tertiary/aromatic N) is 1. The third kappa shape index (κ3) is 2.82. The number of amides is 1. The van der Waals surface area contributed by atoms with Gasteiger partial charge in [-0.05, 0) is 31.9 Å². The van der Waals surface area contributed by atoms with Gasteiger partial charge in [-0.1, -0.05) is 25.1 Å². The first-order valence-corrected chi connectivity index (χ1v) is 5.56. The van der Waals surface area contributed by atoms with Crippen molar-refractivity contribution in [1.29, 1.82) is 0 Å². The Morgan fingerprint density at radius 3 is 2.47 bits per heavy atom. The van der Waals surface area contributed by atoms with E-state index in [1.54, 1.807) is 0 Å². The Balaban J connectivity index is 2.92. The Hall–Kier alpha value is -1.31. The van der Waals surface area contributed by atoms with Crippen molar-refractivity contribution in [2.45, 2.75) is 33.6 Å². The molecule has 0 saturated heterocycles. The molecule has 0 aliphatic carbocycles. The van der Waals surface area contributed by atoms with Crippen molar-refractivity contribution >= 4 is 11.6 Å². The Labute approximate surface area is 91.9 Å². The molecule has 2 heteroatoms. The van der Waals surface area contributed by atoms with E-state index in [4.69, 9.17) is 0 Å². The molecule has 0 aromatic heterocycles. The molecule has 15 heavy (non-hydrogen) atoms. The second-order valence-corrected chi connectivity index (χ2v) is 3.67. The first kappa shape index (κ1) is 11.8. The minimum atomic E-state index is 0.217. The first-order valence-electron chi connectivity index (χ1n) is 5.56. The number of rotatable bonds is 4. The van der Waals surface area contributed by atoms with Gasteiger partial charge in [0.15, 0.2) is 0 Å². The van der Waals surface area contributed by atoms with Gasteiger partial charge < -0.3 is 4.90 Å². The third-order valence-electron chi connectivity index (χ3n) is 2.49. The minimum Gasteiger partial charge on any atom is -0.312 e. The maximum Gasteiger partial charge on any atom is 0.226 e. The maximum absolute atomic E-state index is 11.9. The highest BCUT2D eigenvalue weighted by Gasteiger charge is 2.13. The van der Waals surface area contributed by atoms with Crippen LogP contribution in [0, 0.1) is 6.92 Å². The zero-order chi connectivity index (χ0) is 11.3. The number of hydrogen-bond acceptors (Lipinski definition) is 1. The third-order valence-corrected chi connectivity index (χ3v) is 2.49. The van der Waals surface area contributed by atoms with Crippen molar-refractivity contribution in [3.63, 3.8) is 0 Å². The highest BCUT2D eigenvalue weighted by atomic mass is 16.2. The minimum absolute atomic E-state index is 0.217. The molecule has 82 valence electrons. The van der Waals surface area contributed by atoms with E-state index < -0.39 is 0 Å². The van der Waals surface area contributed by atoms with E-state index in [1.165, 1.54) is 0 Å². The summed E-state index contributed by atoms with van der Waals surface area (Å²) >= 11 is 0. The van der Waals surface area contributed by atoms with E-state index in [2.05, 4.69) is 0 Å². The van der Waals surface area contributed by atoms with Crippen molar-refractivity contribution in [1.82, 2.24) is 0 Å². The molecule has 0 fully saturated rings. The summed E-state index contributed by atoms with van der Waals surface area (Å²) in [5, 5.41) is 0. The van der Waals surface area contributed by atoms with Crippen LogP contribution < -0.4 is 4.90 Å². The van der Waals surface area contributed by atoms with Crippen LogP contribution in [0.15, 0.2) is 24.3 Å². The van der Waals surface area contributed by atoms with Gasteiger partial charge in [-0.15, -0.1) is 0 Å². The fourth-order valence-corrected chi connectivity index (χ4v) is 1.70. The summed E-state index contributed by atoms with van der Waals surface area (Å²) in [7, 11) is 0. The average Bonchev–Trinajstić information content (AvgIpc) is 2.22. The summed E-state index contributed by atoms with van der Waals surface area (Å²) in [6.07, 6.45) is 1.53. The Bertz CT molecular complexity index is 333. The van der Waals surface area contributed by atoms with Crippen LogP contribution in [0.5, 0.6) is 0 Å². The lowest BCUT2D eigenvalue weighted by atomic mass is 10.1. The Kier molecular flexibility index (Phi) is 4.35. The molecule has 0 heterocycles. The van der Waals surface area contributed by atoms with Gasteiger partial charge in [0, 0.05) is 18.7 Å². The second kappa shape index (κ2) is 5.54. The molecule has 0 N–H and O–H groups in total. The van der Waals surface area contributed by atoms with E-state index in [9.17, 15) is 4.79 Å². The molecule has 0 saturated carbocycles. The van der Waals surface area contributed by atoms with Crippen LogP contribution in [-0.4, -0.2) is 12.5 Å².